The van der Waals surface area contributed by atoms with Crippen molar-refractivity contribution in [3.05, 3.63) is 0 Å². The van der Waals surface area contributed by atoms with Crippen molar-refractivity contribution in [3.8, 4) is 0 Å². The Labute approximate surface area is 145 Å². The zero-order valence-corrected chi connectivity index (χ0v) is 15.6. The van der Waals surface area contributed by atoms with Gasteiger partial charge in [0.2, 0.25) is 11.8 Å². The highest BCUT2D eigenvalue weighted by atomic mass is 16.7. The molecule has 142 valence electrons. The molecule has 0 amide bonds. The molecule has 0 rings (SSSR count). The highest BCUT2D eigenvalue weighted by Crippen LogP contribution is 1.87. The molecule has 0 aliphatic rings. The largest absolute Gasteiger partial charge is 0.479 e. The number of nitrogens with zero attached hydrogens (tertiary/aromatic N) is 2. The molecule has 0 aromatic carbocycles. The van der Waals surface area contributed by atoms with Gasteiger partial charge in [-0.3, -0.25) is 0 Å². The minimum atomic E-state index is 0.543. The Balaban J connectivity index is 3.20. The van der Waals surface area contributed by atoms with E-state index in [4.69, 9.17) is 19.1 Å². The van der Waals surface area contributed by atoms with Crippen LogP contribution in [-0.2, 0) is 19.1 Å². The average molecular weight is 346 g/mol. The lowest BCUT2D eigenvalue weighted by atomic mass is 10.3. The molecule has 0 aliphatic carbocycles. The van der Waals surface area contributed by atoms with Gasteiger partial charge in [-0.25, -0.2) is 0 Å². The zero-order valence-electron chi connectivity index (χ0n) is 15.6. The van der Waals surface area contributed by atoms with E-state index < -0.39 is 0 Å². The van der Waals surface area contributed by atoms with E-state index in [2.05, 4.69) is 20.9 Å². The fourth-order valence-corrected chi connectivity index (χ4v) is 1.73. The first kappa shape index (κ1) is 22.5. The fraction of sp³-hybridized carbons (Fsp3) is 0.875. The van der Waals surface area contributed by atoms with E-state index in [0.29, 0.717) is 38.2 Å². The molecule has 0 atom stereocenters. The summed E-state index contributed by atoms with van der Waals surface area (Å²) in [7, 11) is 0. The molecular formula is C16H34N4O4. The Morgan fingerprint density at radius 2 is 1.12 bits per heavy atom. The molecule has 0 bridgehead atoms. The summed E-state index contributed by atoms with van der Waals surface area (Å²) in [6, 6.07) is 0. The maximum Gasteiger partial charge on any atom is 0.222 e. The molecule has 8 nitrogen and oxygen atoms in total. The van der Waals surface area contributed by atoms with E-state index >= 15 is 0 Å². The van der Waals surface area contributed by atoms with Crippen LogP contribution in [0.1, 0.15) is 40.5 Å². The summed E-state index contributed by atoms with van der Waals surface area (Å²) in [6.45, 7) is 13.2. The van der Waals surface area contributed by atoms with E-state index in [9.17, 15) is 0 Å². The van der Waals surface area contributed by atoms with Crippen LogP contribution in [0.2, 0.25) is 0 Å². The highest BCUT2D eigenvalue weighted by molar-refractivity contribution is 5.72. The lowest BCUT2D eigenvalue weighted by Gasteiger charge is -2.06. The van der Waals surface area contributed by atoms with Crippen LogP contribution in [0.5, 0.6) is 0 Å². The Morgan fingerprint density at radius 1 is 0.708 bits per heavy atom. The third-order valence-corrected chi connectivity index (χ3v) is 2.79. The second-order valence-electron chi connectivity index (χ2n) is 4.96. The molecule has 0 aliphatic heterocycles. The van der Waals surface area contributed by atoms with Crippen molar-refractivity contribution in [1.29, 1.82) is 0 Å². The van der Waals surface area contributed by atoms with Crippen molar-refractivity contribution in [2.45, 2.75) is 40.5 Å². The topological polar surface area (TPSA) is 85.7 Å². The van der Waals surface area contributed by atoms with Crippen LogP contribution >= 0.6 is 0 Å². The van der Waals surface area contributed by atoms with Crippen LogP contribution in [-0.4, -0.2) is 64.4 Å². The zero-order chi connectivity index (χ0) is 17.9. The van der Waals surface area contributed by atoms with E-state index in [1.807, 2.05) is 13.8 Å². The smallest absolute Gasteiger partial charge is 0.222 e. The van der Waals surface area contributed by atoms with Gasteiger partial charge in [-0.1, -0.05) is 10.3 Å². The minimum Gasteiger partial charge on any atom is -0.479 e. The van der Waals surface area contributed by atoms with E-state index in [0.717, 1.165) is 39.0 Å². The Hall–Kier alpha value is -1.54. The van der Waals surface area contributed by atoms with Gasteiger partial charge in [-0.15, -0.1) is 0 Å². The summed E-state index contributed by atoms with van der Waals surface area (Å²) in [6.07, 6.45) is 2.22. The Morgan fingerprint density at radius 3 is 1.50 bits per heavy atom. The van der Waals surface area contributed by atoms with Crippen molar-refractivity contribution in [2.24, 2.45) is 10.3 Å². The van der Waals surface area contributed by atoms with Gasteiger partial charge >= 0.3 is 0 Å². The lowest BCUT2D eigenvalue weighted by molar-refractivity contribution is 0.133. The molecule has 0 saturated carbocycles. The van der Waals surface area contributed by atoms with Crippen molar-refractivity contribution < 1.29 is 19.1 Å². The molecule has 0 unspecified atom stereocenters. The van der Waals surface area contributed by atoms with Crippen LogP contribution in [0, 0.1) is 0 Å². The summed E-state index contributed by atoms with van der Waals surface area (Å²) in [5.74, 6) is 1.12. The van der Waals surface area contributed by atoms with Gasteiger partial charge < -0.3 is 29.8 Å². The van der Waals surface area contributed by atoms with Crippen LogP contribution in [0.25, 0.3) is 0 Å². The van der Waals surface area contributed by atoms with Gasteiger partial charge in [0.15, 0.2) is 0 Å². The molecule has 0 aromatic heterocycles. The van der Waals surface area contributed by atoms with Crippen LogP contribution in [0.15, 0.2) is 10.3 Å². The van der Waals surface area contributed by atoms with Gasteiger partial charge in [0, 0.05) is 26.9 Å². The third-order valence-electron chi connectivity index (χ3n) is 2.79. The summed E-state index contributed by atoms with van der Waals surface area (Å²) < 4.78 is 10.3. The first-order valence-electron chi connectivity index (χ1n) is 8.70. The molecule has 2 N–H and O–H groups in total. The van der Waals surface area contributed by atoms with E-state index in [-0.39, 0.29) is 0 Å². The van der Waals surface area contributed by atoms with Crippen molar-refractivity contribution >= 4 is 11.8 Å². The number of hydrogen-bond donors (Lipinski definition) is 2. The number of hydrogen-bond acceptors (Lipinski definition) is 8. The highest BCUT2D eigenvalue weighted by Gasteiger charge is 1.93. The molecule has 0 aromatic rings. The molecule has 0 saturated heterocycles. The summed E-state index contributed by atoms with van der Waals surface area (Å²) >= 11 is 0. The predicted octanol–water partition coefficient (Wildman–Crippen LogP) is 1.72. The normalized spacial score (nSPS) is 12.2. The van der Waals surface area contributed by atoms with Crippen molar-refractivity contribution in [2.75, 3.05) is 52.6 Å². The number of rotatable bonds is 15. The first-order valence-corrected chi connectivity index (χ1v) is 8.70. The molecular weight excluding hydrogens is 312 g/mol. The Kier molecular flexibility index (Phi) is 16.7. The number of unbranched alkanes of at least 4 members (excludes halogenated alkanes) is 1. The quantitative estimate of drug-likeness (QED) is 0.203. The van der Waals surface area contributed by atoms with Crippen molar-refractivity contribution in [1.82, 2.24) is 10.6 Å². The van der Waals surface area contributed by atoms with Crippen molar-refractivity contribution in [3.63, 3.8) is 0 Å². The maximum atomic E-state index is 5.15. The van der Waals surface area contributed by atoms with Crippen LogP contribution < -0.4 is 10.6 Å². The average Bonchev–Trinajstić information content (AvgIpc) is 2.55. The predicted molar refractivity (Wildman–Crippen MR) is 96.3 cm³/mol. The molecule has 24 heavy (non-hydrogen) atoms. The summed E-state index contributed by atoms with van der Waals surface area (Å²) in [5.41, 5.74) is 0. The third kappa shape index (κ3) is 16.8. The minimum absolute atomic E-state index is 0.543. The van der Waals surface area contributed by atoms with Gasteiger partial charge in [0.25, 0.3) is 0 Å². The standard InChI is InChI=1S/C16H34N4O4/c1-5-21-15(3)19-23-13-11-17-9-7-8-10-18-12-14-24-20-16(4)22-6-2/h17-18H,5-14H2,1-4H3. The van der Waals surface area contributed by atoms with Gasteiger partial charge in [-0.2, -0.15) is 0 Å². The second kappa shape index (κ2) is 17.8. The first-order chi connectivity index (χ1) is 11.7. The number of nitrogens with one attached hydrogen (secondary N) is 2. The fourth-order valence-electron chi connectivity index (χ4n) is 1.73. The van der Waals surface area contributed by atoms with E-state index in [1.54, 1.807) is 13.8 Å². The molecule has 8 heteroatoms. The maximum absolute atomic E-state index is 5.15. The Bertz CT molecular complexity index is 306. The summed E-state index contributed by atoms with van der Waals surface area (Å²) in [5, 5.41) is 14.3. The van der Waals surface area contributed by atoms with Crippen LogP contribution in [0.3, 0.4) is 0 Å². The molecule has 0 radical (unpaired) electrons. The number of oxime groups is 2. The van der Waals surface area contributed by atoms with Gasteiger partial charge in [0.1, 0.15) is 13.2 Å². The van der Waals surface area contributed by atoms with Crippen LogP contribution in [0.4, 0.5) is 0 Å². The number of ether oxygens (including phenoxy) is 2. The van der Waals surface area contributed by atoms with E-state index in [1.165, 1.54) is 0 Å². The second-order valence-corrected chi connectivity index (χ2v) is 4.96. The SMILES string of the molecule is CCOC(C)=NOCCNCCCCNCCON=C(C)OCC. The van der Waals surface area contributed by atoms with Gasteiger partial charge in [-0.05, 0) is 39.8 Å². The molecule has 0 spiro atoms. The molecule has 0 fully saturated rings. The monoisotopic (exact) mass is 346 g/mol. The lowest BCUT2D eigenvalue weighted by Crippen LogP contribution is -2.23. The summed E-state index contributed by atoms with van der Waals surface area (Å²) in [4.78, 5) is 10.2. The van der Waals surface area contributed by atoms with Gasteiger partial charge in [0.05, 0.1) is 13.2 Å². The molecule has 0 heterocycles.